The lowest BCUT2D eigenvalue weighted by atomic mass is 10.2. The lowest BCUT2D eigenvalue weighted by Crippen LogP contribution is -2.40. The summed E-state index contributed by atoms with van der Waals surface area (Å²) < 4.78 is 46.0. The van der Waals surface area contributed by atoms with Crippen LogP contribution in [-0.4, -0.2) is 63.5 Å². The molecular weight excluding hydrogens is 341 g/mol. The standard InChI is InChI=1S/C15H18FNO6S/c1-17(11-5-6-24(20,21)9-11)14(18)8-23-15(19)10-3-4-13(22-2)12(16)7-10/h3-4,7,11H,5-6,8-9H2,1-2H3/t11-/m0/s1. The summed E-state index contributed by atoms with van der Waals surface area (Å²) >= 11 is 0. The highest BCUT2D eigenvalue weighted by atomic mass is 32.2. The molecule has 1 aromatic rings. The van der Waals surface area contributed by atoms with E-state index in [1.165, 1.54) is 31.2 Å². The van der Waals surface area contributed by atoms with E-state index in [4.69, 9.17) is 9.47 Å². The van der Waals surface area contributed by atoms with E-state index in [-0.39, 0.29) is 22.8 Å². The quantitative estimate of drug-likeness (QED) is 0.717. The summed E-state index contributed by atoms with van der Waals surface area (Å²) in [5.41, 5.74) is -0.0489. The molecule has 0 spiro atoms. The first-order chi connectivity index (χ1) is 11.2. The molecule has 0 unspecified atom stereocenters. The topological polar surface area (TPSA) is 90.0 Å². The van der Waals surface area contributed by atoms with Crippen molar-refractivity contribution in [1.29, 1.82) is 0 Å². The van der Waals surface area contributed by atoms with Gasteiger partial charge in [0.05, 0.1) is 24.2 Å². The van der Waals surface area contributed by atoms with Gasteiger partial charge in [0.15, 0.2) is 28.0 Å². The van der Waals surface area contributed by atoms with Crippen molar-refractivity contribution >= 4 is 21.7 Å². The number of rotatable bonds is 5. The Morgan fingerprint density at radius 1 is 1.38 bits per heavy atom. The number of esters is 1. The maximum Gasteiger partial charge on any atom is 0.338 e. The number of halogens is 1. The maximum absolute atomic E-state index is 13.6. The van der Waals surface area contributed by atoms with Crippen LogP contribution in [-0.2, 0) is 19.4 Å². The fourth-order valence-corrected chi connectivity index (χ4v) is 4.16. The summed E-state index contributed by atoms with van der Waals surface area (Å²) in [5.74, 6) is -2.14. The second-order valence-electron chi connectivity index (χ2n) is 5.49. The third-order valence-corrected chi connectivity index (χ3v) is 5.61. The highest BCUT2D eigenvalue weighted by molar-refractivity contribution is 7.91. The monoisotopic (exact) mass is 359 g/mol. The number of hydrogen-bond acceptors (Lipinski definition) is 6. The van der Waals surface area contributed by atoms with Crippen molar-refractivity contribution < 1.29 is 31.9 Å². The van der Waals surface area contributed by atoms with Crippen LogP contribution < -0.4 is 4.74 Å². The molecule has 1 aliphatic rings. The van der Waals surface area contributed by atoms with Crippen LogP contribution in [0.4, 0.5) is 4.39 Å². The van der Waals surface area contributed by atoms with Crippen LogP contribution in [0.5, 0.6) is 5.75 Å². The molecule has 0 radical (unpaired) electrons. The zero-order valence-corrected chi connectivity index (χ0v) is 14.1. The van der Waals surface area contributed by atoms with Crippen LogP contribution in [0.1, 0.15) is 16.8 Å². The van der Waals surface area contributed by atoms with E-state index in [9.17, 15) is 22.4 Å². The van der Waals surface area contributed by atoms with E-state index < -0.39 is 40.2 Å². The summed E-state index contributed by atoms with van der Waals surface area (Å²) in [4.78, 5) is 25.1. The molecule has 9 heteroatoms. The molecule has 1 aromatic carbocycles. The zero-order valence-electron chi connectivity index (χ0n) is 13.3. The fraction of sp³-hybridized carbons (Fsp3) is 0.467. The van der Waals surface area contributed by atoms with Gasteiger partial charge in [-0.25, -0.2) is 17.6 Å². The minimum atomic E-state index is -3.11. The van der Waals surface area contributed by atoms with Gasteiger partial charge in [0.2, 0.25) is 0 Å². The van der Waals surface area contributed by atoms with Gasteiger partial charge in [0, 0.05) is 13.1 Å². The number of hydrogen-bond donors (Lipinski definition) is 0. The molecule has 132 valence electrons. The predicted molar refractivity (Wildman–Crippen MR) is 83.1 cm³/mol. The number of nitrogens with zero attached hydrogens (tertiary/aromatic N) is 1. The Morgan fingerprint density at radius 2 is 2.08 bits per heavy atom. The van der Waals surface area contributed by atoms with Gasteiger partial charge < -0.3 is 14.4 Å². The highest BCUT2D eigenvalue weighted by Crippen LogP contribution is 2.19. The van der Waals surface area contributed by atoms with Crippen LogP contribution >= 0.6 is 0 Å². The predicted octanol–water partition coefficient (Wildman–Crippen LogP) is 0.637. The van der Waals surface area contributed by atoms with Crippen molar-refractivity contribution in [2.75, 3.05) is 32.3 Å². The van der Waals surface area contributed by atoms with Crippen molar-refractivity contribution in [2.24, 2.45) is 0 Å². The Balaban J connectivity index is 1.91. The SMILES string of the molecule is COc1ccc(C(=O)OCC(=O)N(C)[C@H]2CCS(=O)(=O)C2)cc1F. The third kappa shape index (κ3) is 4.22. The number of methoxy groups -OCH3 is 1. The zero-order chi connectivity index (χ0) is 17.9. The maximum atomic E-state index is 13.6. The molecule has 0 bridgehead atoms. The molecule has 1 heterocycles. The summed E-state index contributed by atoms with van der Waals surface area (Å²) in [6.45, 7) is -0.542. The number of sulfone groups is 1. The molecule has 1 amide bonds. The molecule has 2 rings (SSSR count). The average molecular weight is 359 g/mol. The van der Waals surface area contributed by atoms with Crippen molar-refractivity contribution in [1.82, 2.24) is 4.90 Å². The fourth-order valence-electron chi connectivity index (χ4n) is 2.39. The highest BCUT2D eigenvalue weighted by Gasteiger charge is 2.32. The number of carbonyl (C=O) groups excluding carboxylic acids is 2. The molecule has 1 atom stereocenters. The second-order valence-corrected chi connectivity index (χ2v) is 7.72. The minimum absolute atomic E-state index is 0.00944. The van der Waals surface area contributed by atoms with Gasteiger partial charge in [-0.2, -0.15) is 0 Å². The molecule has 0 saturated carbocycles. The van der Waals surface area contributed by atoms with Crippen LogP contribution in [0.2, 0.25) is 0 Å². The lowest BCUT2D eigenvalue weighted by molar-refractivity contribution is -0.134. The van der Waals surface area contributed by atoms with Crippen LogP contribution in [0.25, 0.3) is 0 Å². The van der Waals surface area contributed by atoms with Gasteiger partial charge in [-0.15, -0.1) is 0 Å². The first kappa shape index (κ1) is 18.2. The average Bonchev–Trinajstić information content (AvgIpc) is 2.91. The third-order valence-electron chi connectivity index (χ3n) is 3.86. The first-order valence-electron chi connectivity index (χ1n) is 7.20. The molecule has 0 N–H and O–H groups in total. The van der Waals surface area contributed by atoms with E-state index in [0.29, 0.717) is 6.42 Å². The van der Waals surface area contributed by atoms with E-state index >= 15 is 0 Å². The number of likely N-dealkylation sites (N-methyl/N-ethyl adjacent to an activating group) is 1. The van der Waals surface area contributed by atoms with Gasteiger partial charge >= 0.3 is 5.97 Å². The largest absolute Gasteiger partial charge is 0.494 e. The second kappa shape index (κ2) is 7.16. The van der Waals surface area contributed by atoms with Crippen molar-refractivity contribution in [3.8, 4) is 5.75 Å². The molecule has 24 heavy (non-hydrogen) atoms. The Labute approximate surface area is 139 Å². The summed E-state index contributed by atoms with van der Waals surface area (Å²) in [5, 5.41) is 0. The van der Waals surface area contributed by atoms with Gasteiger partial charge in [0.25, 0.3) is 5.91 Å². The number of carbonyl (C=O) groups is 2. The van der Waals surface area contributed by atoms with E-state index in [2.05, 4.69) is 0 Å². The van der Waals surface area contributed by atoms with Gasteiger partial charge in [0.1, 0.15) is 0 Å². The van der Waals surface area contributed by atoms with Gasteiger partial charge in [-0.05, 0) is 24.6 Å². The minimum Gasteiger partial charge on any atom is -0.494 e. The normalized spacial score (nSPS) is 18.9. The van der Waals surface area contributed by atoms with Crippen molar-refractivity contribution in [3.05, 3.63) is 29.6 Å². The van der Waals surface area contributed by atoms with E-state index in [1.807, 2.05) is 0 Å². The van der Waals surface area contributed by atoms with Crippen LogP contribution in [0.3, 0.4) is 0 Å². The Hall–Kier alpha value is -2.16. The molecule has 0 aromatic heterocycles. The molecule has 1 aliphatic heterocycles. The number of ether oxygens (including phenoxy) is 2. The van der Waals surface area contributed by atoms with Crippen molar-refractivity contribution in [3.63, 3.8) is 0 Å². The Morgan fingerprint density at radius 3 is 2.62 bits per heavy atom. The summed E-state index contributed by atoms with van der Waals surface area (Å²) in [6, 6.07) is 3.14. The number of amides is 1. The van der Waals surface area contributed by atoms with Crippen LogP contribution in [0.15, 0.2) is 18.2 Å². The number of benzene rings is 1. The van der Waals surface area contributed by atoms with Crippen molar-refractivity contribution in [2.45, 2.75) is 12.5 Å². The first-order valence-corrected chi connectivity index (χ1v) is 9.02. The molecule has 7 nitrogen and oxygen atoms in total. The van der Waals surface area contributed by atoms with Gasteiger partial charge in [-0.1, -0.05) is 0 Å². The van der Waals surface area contributed by atoms with E-state index in [0.717, 1.165) is 6.07 Å². The summed E-state index contributed by atoms with van der Waals surface area (Å²) in [6.07, 6.45) is 0.363. The smallest absolute Gasteiger partial charge is 0.338 e. The van der Waals surface area contributed by atoms with E-state index in [1.54, 1.807) is 0 Å². The van der Waals surface area contributed by atoms with Crippen LogP contribution in [0, 0.1) is 5.82 Å². The lowest BCUT2D eigenvalue weighted by Gasteiger charge is -2.23. The van der Waals surface area contributed by atoms with Gasteiger partial charge in [-0.3, -0.25) is 4.79 Å². The molecule has 1 fully saturated rings. The molecular formula is C15H18FNO6S. The Kier molecular flexibility index (Phi) is 5.43. The Bertz CT molecular complexity index is 748. The molecule has 1 saturated heterocycles. The summed E-state index contributed by atoms with van der Waals surface area (Å²) in [7, 11) is -0.348. The molecule has 0 aliphatic carbocycles.